The zero-order chi connectivity index (χ0) is 12.2. The number of imidazole rings is 1. The average Bonchev–Trinajstić information content (AvgIpc) is 3.09. The van der Waals surface area contributed by atoms with Crippen molar-refractivity contribution in [2.75, 3.05) is 13.1 Å². The largest absolute Gasteiger partial charge is 0.334 e. The predicted octanol–water partition coefficient (Wildman–Crippen LogP) is 2.05. The molecular formula is C13H18N4S. The maximum atomic E-state index is 4.33. The first-order valence-electron chi connectivity index (χ1n) is 6.52. The smallest absolute Gasteiger partial charge is 0.0948 e. The van der Waals surface area contributed by atoms with Crippen molar-refractivity contribution < 1.29 is 0 Å². The lowest BCUT2D eigenvalue weighted by Gasteiger charge is -2.23. The number of hydrogen-bond donors (Lipinski definition) is 1. The summed E-state index contributed by atoms with van der Waals surface area (Å²) in [5.74, 6) is 0.623. The fourth-order valence-electron chi connectivity index (χ4n) is 2.55. The van der Waals surface area contributed by atoms with Gasteiger partial charge in [0, 0.05) is 48.9 Å². The molecule has 2 aromatic heterocycles. The molecule has 1 saturated heterocycles. The van der Waals surface area contributed by atoms with E-state index in [1.807, 2.05) is 24.1 Å². The highest BCUT2D eigenvalue weighted by atomic mass is 32.1. The molecular weight excluding hydrogens is 244 g/mol. The number of nitrogens with zero attached hydrogens (tertiary/aromatic N) is 3. The van der Waals surface area contributed by atoms with E-state index in [0.717, 1.165) is 26.1 Å². The van der Waals surface area contributed by atoms with Gasteiger partial charge in [-0.15, -0.1) is 11.3 Å². The van der Waals surface area contributed by atoms with Crippen molar-refractivity contribution >= 4 is 11.3 Å². The van der Waals surface area contributed by atoms with Crippen LogP contribution in [0.5, 0.6) is 0 Å². The highest BCUT2D eigenvalue weighted by molar-refractivity contribution is 7.09. The quantitative estimate of drug-likeness (QED) is 0.917. The van der Waals surface area contributed by atoms with Crippen molar-refractivity contribution in [1.29, 1.82) is 0 Å². The fraction of sp³-hybridized carbons (Fsp3) is 0.538. The molecule has 2 aromatic rings. The molecule has 0 radical (unpaired) electrons. The van der Waals surface area contributed by atoms with Gasteiger partial charge in [0.1, 0.15) is 0 Å². The van der Waals surface area contributed by atoms with Crippen LogP contribution in [0.4, 0.5) is 0 Å². The second-order valence-corrected chi connectivity index (χ2v) is 5.71. The molecule has 1 atom stereocenters. The number of piperidine rings is 1. The lowest BCUT2D eigenvalue weighted by Crippen LogP contribution is -2.29. The Morgan fingerprint density at radius 1 is 1.50 bits per heavy atom. The Morgan fingerprint density at radius 2 is 2.50 bits per heavy atom. The summed E-state index contributed by atoms with van der Waals surface area (Å²) in [4.78, 5) is 8.65. The molecule has 1 N–H and O–H groups in total. The van der Waals surface area contributed by atoms with Gasteiger partial charge in [0.25, 0.3) is 0 Å². The van der Waals surface area contributed by atoms with E-state index in [-0.39, 0.29) is 0 Å². The molecule has 3 heterocycles. The Bertz CT molecular complexity index is 471. The summed E-state index contributed by atoms with van der Waals surface area (Å²) < 4.78 is 2.29. The third-order valence-electron chi connectivity index (χ3n) is 3.51. The van der Waals surface area contributed by atoms with Gasteiger partial charge in [0.2, 0.25) is 0 Å². The van der Waals surface area contributed by atoms with Crippen LogP contribution in [0.1, 0.15) is 29.5 Å². The maximum absolute atomic E-state index is 4.33. The molecule has 0 aromatic carbocycles. The number of rotatable bonds is 4. The van der Waals surface area contributed by atoms with Gasteiger partial charge in [-0.1, -0.05) is 0 Å². The summed E-state index contributed by atoms with van der Waals surface area (Å²) in [6.07, 6.45) is 9.40. The summed E-state index contributed by atoms with van der Waals surface area (Å²) in [6.45, 7) is 3.23. The van der Waals surface area contributed by atoms with E-state index in [1.54, 1.807) is 11.3 Å². The molecule has 3 rings (SSSR count). The van der Waals surface area contributed by atoms with Crippen molar-refractivity contribution in [2.24, 2.45) is 0 Å². The van der Waals surface area contributed by atoms with Crippen LogP contribution >= 0.6 is 11.3 Å². The van der Waals surface area contributed by atoms with Crippen LogP contribution in [0.2, 0.25) is 0 Å². The normalized spacial score (nSPS) is 20.1. The minimum Gasteiger partial charge on any atom is -0.334 e. The van der Waals surface area contributed by atoms with Crippen LogP contribution in [-0.4, -0.2) is 27.6 Å². The average molecular weight is 262 g/mol. The molecule has 18 heavy (non-hydrogen) atoms. The van der Waals surface area contributed by atoms with Crippen LogP contribution in [0.15, 0.2) is 24.1 Å². The number of aryl methyl sites for hydroxylation is 2. The Hall–Kier alpha value is -1.20. The van der Waals surface area contributed by atoms with E-state index in [2.05, 4.69) is 19.9 Å². The minimum atomic E-state index is 0.623. The lowest BCUT2D eigenvalue weighted by molar-refractivity contribution is 0.440. The van der Waals surface area contributed by atoms with Gasteiger partial charge in [0.15, 0.2) is 0 Å². The van der Waals surface area contributed by atoms with Crippen molar-refractivity contribution in [2.45, 2.75) is 31.7 Å². The van der Waals surface area contributed by atoms with Crippen LogP contribution in [0.3, 0.4) is 0 Å². The van der Waals surface area contributed by atoms with Crippen molar-refractivity contribution in [3.05, 3.63) is 34.8 Å². The first-order chi connectivity index (χ1) is 8.93. The lowest BCUT2D eigenvalue weighted by atomic mass is 9.96. The topological polar surface area (TPSA) is 42.7 Å². The summed E-state index contributed by atoms with van der Waals surface area (Å²) >= 11 is 1.73. The fourth-order valence-corrected chi connectivity index (χ4v) is 3.16. The van der Waals surface area contributed by atoms with Crippen molar-refractivity contribution in [3.63, 3.8) is 0 Å². The monoisotopic (exact) mass is 262 g/mol. The van der Waals surface area contributed by atoms with Gasteiger partial charge >= 0.3 is 0 Å². The summed E-state index contributed by atoms with van der Waals surface area (Å²) in [5, 5.41) is 6.71. The number of nitrogens with one attached hydrogen (secondary N) is 1. The van der Waals surface area contributed by atoms with Gasteiger partial charge in [-0.2, -0.15) is 0 Å². The van der Waals surface area contributed by atoms with Gasteiger partial charge in [-0.05, 0) is 19.4 Å². The molecule has 5 heteroatoms. The second-order valence-electron chi connectivity index (χ2n) is 4.73. The molecule has 96 valence electrons. The second kappa shape index (κ2) is 5.63. The molecule has 1 aliphatic rings. The summed E-state index contributed by atoms with van der Waals surface area (Å²) in [5.41, 5.74) is 1.37. The summed E-state index contributed by atoms with van der Waals surface area (Å²) in [7, 11) is 0. The van der Waals surface area contributed by atoms with Crippen LogP contribution in [0, 0.1) is 0 Å². The molecule has 0 aliphatic carbocycles. The third-order valence-corrected chi connectivity index (χ3v) is 4.35. The minimum absolute atomic E-state index is 0.623. The zero-order valence-corrected chi connectivity index (χ0v) is 11.2. The Morgan fingerprint density at radius 3 is 3.28 bits per heavy atom. The number of hydrogen-bond acceptors (Lipinski definition) is 4. The molecule has 0 saturated carbocycles. The molecule has 0 amide bonds. The highest BCUT2D eigenvalue weighted by Crippen LogP contribution is 2.23. The maximum Gasteiger partial charge on any atom is 0.0948 e. The number of thiazole rings is 1. The van der Waals surface area contributed by atoms with Crippen molar-refractivity contribution in [1.82, 2.24) is 19.9 Å². The van der Waals surface area contributed by atoms with E-state index in [0.29, 0.717) is 5.92 Å². The SMILES string of the molecule is c1csc(CCn2cncc2C2CCCNC2)n1. The van der Waals surface area contributed by atoms with Gasteiger partial charge < -0.3 is 9.88 Å². The molecule has 1 unspecified atom stereocenters. The molecule has 0 bridgehead atoms. The van der Waals surface area contributed by atoms with Crippen LogP contribution in [-0.2, 0) is 13.0 Å². The van der Waals surface area contributed by atoms with Gasteiger partial charge in [-0.3, -0.25) is 0 Å². The first-order valence-corrected chi connectivity index (χ1v) is 7.40. The van der Waals surface area contributed by atoms with E-state index in [9.17, 15) is 0 Å². The Balaban J connectivity index is 1.67. The molecule has 1 aliphatic heterocycles. The Labute approximate surface area is 111 Å². The number of aromatic nitrogens is 3. The van der Waals surface area contributed by atoms with Crippen molar-refractivity contribution in [3.8, 4) is 0 Å². The molecule has 1 fully saturated rings. The standard InChI is InChI=1S/C13H18N4S/c1-2-11(8-14-4-1)12-9-15-10-17(12)6-3-13-16-5-7-18-13/h5,7,9-11,14H,1-4,6,8H2. The highest BCUT2D eigenvalue weighted by Gasteiger charge is 2.18. The first kappa shape index (κ1) is 11.9. The zero-order valence-electron chi connectivity index (χ0n) is 10.4. The molecule has 0 spiro atoms. The van der Waals surface area contributed by atoms with E-state index < -0.39 is 0 Å². The van der Waals surface area contributed by atoms with E-state index in [4.69, 9.17) is 0 Å². The predicted molar refractivity (Wildman–Crippen MR) is 72.9 cm³/mol. The summed E-state index contributed by atoms with van der Waals surface area (Å²) in [6, 6.07) is 0. The van der Waals surface area contributed by atoms with E-state index in [1.165, 1.54) is 23.5 Å². The molecule has 4 nitrogen and oxygen atoms in total. The third kappa shape index (κ3) is 2.62. The Kier molecular flexibility index (Phi) is 3.71. The van der Waals surface area contributed by atoms with Crippen LogP contribution in [0.25, 0.3) is 0 Å². The van der Waals surface area contributed by atoms with Gasteiger partial charge in [-0.25, -0.2) is 9.97 Å². The van der Waals surface area contributed by atoms with Crippen LogP contribution < -0.4 is 5.32 Å². The van der Waals surface area contributed by atoms with E-state index >= 15 is 0 Å². The van der Waals surface area contributed by atoms with Gasteiger partial charge in [0.05, 0.1) is 11.3 Å².